The maximum atomic E-state index is 11.6. The fraction of sp³-hybridized carbons (Fsp3) is 0.429. The first-order chi connectivity index (χ1) is 9.78. The molecule has 106 valence electrons. The van der Waals surface area contributed by atoms with Crippen molar-refractivity contribution in [2.45, 2.75) is 19.4 Å². The number of aromatic nitrogens is 1. The van der Waals surface area contributed by atoms with Crippen molar-refractivity contribution in [1.29, 1.82) is 0 Å². The van der Waals surface area contributed by atoms with Crippen molar-refractivity contribution in [2.75, 3.05) is 20.3 Å². The average Bonchev–Trinajstić information content (AvgIpc) is 3.10. The Morgan fingerprint density at radius 1 is 1.55 bits per heavy atom. The van der Waals surface area contributed by atoms with Gasteiger partial charge in [-0.2, -0.15) is 0 Å². The van der Waals surface area contributed by atoms with E-state index in [2.05, 4.69) is 22.5 Å². The number of esters is 1. The topological polar surface area (TPSA) is 60.5 Å². The van der Waals surface area contributed by atoms with Crippen molar-refractivity contribution in [3.8, 4) is 0 Å². The van der Waals surface area contributed by atoms with Gasteiger partial charge >= 0.3 is 5.97 Å². The molecule has 0 spiro atoms. The lowest BCUT2D eigenvalue weighted by Crippen LogP contribution is -2.18. The highest BCUT2D eigenvalue weighted by Crippen LogP contribution is 2.25. The van der Waals surface area contributed by atoms with E-state index in [1.165, 1.54) is 12.0 Å². The monoisotopic (exact) mass is 292 g/mol. The van der Waals surface area contributed by atoms with Crippen molar-refractivity contribution >= 4 is 23.4 Å². The summed E-state index contributed by atoms with van der Waals surface area (Å²) in [5.41, 5.74) is 2.47. The van der Waals surface area contributed by atoms with Crippen LogP contribution in [0.25, 0.3) is 6.08 Å². The molecule has 0 fully saturated rings. The van der Waals surface area contributed by atoms with Gasteiger partial charge in [-0.05, 0) is 18.9 Å². The van der Waals surface area contributed by atoms with E-state index in [0.29, 0.717) is 25.3 Å². The van der Waals surface area contributed by atoms with E-state index in [1.54, 1.807) is 11.3 Å². The first-order valence-corrected chi connectivity index (χ1v) is 7.36. The zero-order valence-electron chi connectivity index (χ0n) is 11.3. The molecule has 1 aromatic rings. The summed E-state index contributed by atoms with van der Waals surface area (Å²) in [7, 11) is 1.38. The number of hydrogen-bond donors (Lipinski definition) is 1. The molecule has 0 amide bonds. The van der Waals surface area contributed by atoms with Gasteiger partial charge in [0.15, 0.2) is 0 Å². The van der Waals surface area contributed by atoms with Crippen LogP contribution in [0, 0.1) is 0 Å². The molecule has 0 atom stereocenters. The van der Waals surface area contributed by atoms with Crippen LogP contribution in [0.1, 0.15) is 22.0 Å². The second kappa shape index (κ2) is 5.76. The Hall–Kier alpha value is -1.66. The number of allylic oxidation sites excluding steroid dienone is 1. The Morgan fingerprint density at radius 3 is 3.25 bits per heavy atom. The van der Waals surface area contributed by atoms with E-state index in [9.17, 15) is 4.79 Å². The van der Waals surface area contributed by atoms with Crippen LogP contribution < -0.4 is 5.32 Å². The first-order valence-electron chi connectivity index (χ1n) is 6.55. The Morgan fingerprint density at radius 2 is 2.45 bits per heavy atom. The highest BCUT2D eigenvalue weighted by Gasteiger charge is 2.22. The molecule has 0 unspecified atom stereocenters. The highest BCUT2D eigenvalue weighted by molar-refractivity contribution is 7.11. The van der Waals surface area contributed by atoms with Crippen molar-refractivity contribution in [2.24, 2.45) is 0 Å². The lowest BCUT2D eigenvalue weighted by Gasteiger charge is -2.06. The van der Waals surface area contributed by atoms with Gasteiger partial charge in [0, 0.05) is 4.88 Å². The van der Waals surface area contributed by atoms with Crippen LogP contribution in [0.5, 0.6) is 0 Å². The molecule has 3 rings (SSSR count). The van der Waals surface area contributed by atoms with Gasteiger partial charge in [0.2, 0.25) is 0 Å². The Kier molecular flexibility index (Phi) is 3.84. The molecule has 0 radical (unpaired) electrons. The number of aryl methyl sites for hydroxylation is 1. The normalized spacial score (nSPS) is 17.2. The summed E-state index contributed by atoms with van der Waals surface area (Å²) >= 11 is 1.73. The Balaban J connectivity index is 1.68. The zero-order chi connectivity index (χ0) is 13.9. The number of methoxy groups -OCH3 is 1. The number of carbonyl (C=O) groups is 1. The number of nitrogens with one attached hydrogen (secondary N) is 1. The number of ether oxygens (including phenoxy) is 2. The van der Waals surface area contributed by atoms with Gasteiger partial charge in [-0.25, -0.2) is 9.78 Å². The Labute approximate surface area is 121 Å². The third-order valence-electron chi connectivity index (χ3n) is 3.33. The predicted molar refractivity (Wildman–Crippen MR) is 76.2 cm³/mol. The molecule has 0 bridgehead atoms. The summed E-state index contributed by atoms with van der Waals surface area (Å²) in [4.78, 5) is 17.5. The fourth-order valence-corrected chi connectivity index (χ4v) is 3.29. The summed E-state index contributed by atoms with van der Waals surface area (Å²) in [5, 5.41) is 4.28. The van der Waals surface area contributed by atoms with E-state index < -0.39 is 0 Å². The van der Waals surface area contributed by atoms with Crippen molar-refractivity contribution in [3.05, 3.63) is 32.9 Å². The third kappa shape index (κ3) is 2.62. The van der Waals surface area contributed by atoms with Crippen LogP contribution in [0.4, 0.5) is 0 Å². The van der Waals surface area contributed by atoms with E-state index in [0.717, 1.165) is 29.2 Å². The van der Waals surface area contributed by atoms with Gasteiger partial charge in [-0.15, -0.1) is 11.3 Å². The molecule has 0 saturated heterocycles. The van der Waals surface area contributed by atoms with E-state index >= 15 is 0 Å². The SMILES string of the molecule is COC(=O)C1=C(NCc2nc3c(s2)CCC=C3)COC1. The zero-order valence-corrected chi connectivity index (χ0v) is 12.1. The molecule has 2 aliphatic rings. The van der Waals surface area contributed by atoms with Crippen LogP contribution in [0.15, 0.2) is 17.3 Å². The van der Waals surface area contributed by atoms with Gasteiger partial charge in [0.1, 0.15) is 5.01 Å². The number of carbonyl (C=O) groups excluding carboxylic acids is 1. The minimum Gasteiger partial charge on any atom is -0.466 e. The molecule has 0 saturated carbocycles. The van der Waals surface area contributed by atoms with Gasteiger partial charge in [-0.3, -0.25) is 0 Å². The van der Waals surface area contributed by atoms with E-state index in [-0.39, 0.29) is 5.97 Å². The molecule has 5 nitrogen and oxygen atoms in total. The van der Waals surface area contributed by atoms with Crippen LogP contribution in [0.3, 0.4) is 0 Å². The number of fused-ring (bicyclic) bond motifs is 1. The maximum Gasteiger partial charge on any atom is 0.337 e. The van der Waals surface area contributed by atoms with Crippen LogP contribution in [-0.4, -0.2) is 31.3 Å². The number of hydrogen-bond acceptors (Lipinski definition) is 6. The average molecular weight is 292 g/mol. The van der Waals surface area contributed by atoms with Crippen LogP contribution in [0.2, 0.25) is 0 Å². The second-order valence-electron chi connectivity index (χ2n) is 4.65. The highest BCUT2D eigenvalue weighted by atomic mass is 32.1. The molecule has 1 aliphatic carbocycles. The van der Waals surface area contributed by atoms with Crippen molar-refractivity contribution < 1.29 is 14.3 Å². The molecule has 6 heteroatoms. The third-order valence-corrected chi connectivity index (χ3v) is 4.46. The lowest BCUT2D eigenvalue weighted by atomic mass is 10.1. The summed E-state index contributed by atoms with van der Waals surface area (Å²) in [6.07, 6.45) is 6.40. The van der Waals surface area contributed by atoms with Gasteiger partial charge in [0.25, 0.3) is 0 Å². The molecular weight excluding hydrogens is 276 g/mol. The van der Waals surface area contributed by atoms with Gasteiger partial charge < -0.3 is 14.8 Å². The fourth-order valence-electron chi connectivity index (χ4n) is 2.28. The molecule has 1 N–H and O–H groups in total. The maximum absolute atomic E-state index is 11.6. The van der Waals surface area contributed by atoms with Gasteiger partial charge in [-0.1, -0.05) is 6.08 Å². The lowest BCUT2D eigenvalue weighted by molar-refractivity contribution is -0.136. The molecular formula is C14H16N2O3S. The number of nitrogens with zero attached hydrogens (tertiary/aromatic N) is 1. The largest absolute Gasteiger partial charge is 0.466 e. The quantitative estimate of drug-likeness (QED) is 0.855. The summed E-state index contributed by atoms with van der Waals surface area (Å²) in [6.45, 7) is 1.35. The van der Waals surface area contributed by atoms with Crippen LogP contribution >= 0.6 is 11.3 Å². The molecule has 2 heterocycles. The minimum atomic E-state index is -0.327. The molecule has 20 heavy (non-hydrogen) atoms. The molecule has 1 aliphatic heterocycles. The predicted octanol–water partition coefficient (Wildman–Crippen LogP) is 1.65. The first kappa shape index (κ1) is 13.3. The van der Waals surface area contributed by atoms with E-state index in [1.807, 2.05) is 0 Å². The standard InChI is InChI=1S/C14H16N2O3S/c1-18-14(17)9-7-19-8-11(9)15-6-13-16-10-4-2-3-5-12(10)20-13/h2,4,15H,3,5-8H2,1H3. The summed E-state index contributed by atoms with van der Waals surface area (Å²) in [5.74, 6) is -0.327. The minimum absolute atomic E-state index is 0.312. The van der Waals surface area contributed by atoms with E-state index in [4.69, 9.17) is 9.47 Å². The second-order valence-corrected chi connectivity index (χ2v) is 5.82. The number of rotatable bonds is 4. The summed E-state index contributed by atoms with van der Waals surface area (Å²) in [6, 6.07) is 0. The Bertz CT molecular complexity index is 589. The van der Waals surface area contributed by atoms with Crippen LogP contribution in [-0.2, 0) is 27.2 Å². The number of thiazole rings is 1. The smallest absolute Gasteiger partial charge is 0.337 e. The molecule has 1 aromatic heterocycles. The van der Waals surface area contributed by atoms with Gasteiger partial charge in [0.05, 0.1) is 43.8 Å². The van der Waals surface area contributed by atoms with Crippen molar-refractivity contribution in [3.63, 3.8) is 0 Å². The summed E-state index contributed by atoms with van der Waals surface area (Å²) < 4.78 is 10.0. The molecule has 0 aromatic carbocycles. The van der Waals surface area contributed by atoms with Crippen molar-refractivity contribution in [1.82, 2.24) is 10.3 Å².